The summed E-state index contributed by atoms with van der Waals surface area (Å²) in [7, 11) is 0. The third-order valence-electron chi connectivity index (χ3n) is 2.03. The van der Waals surface area contributed by atoms with Crippen LogP contribution in [0.1, 0.15) is 19.8 Å². The Labute approximate surface area is 105 Å². The highest BCUT2D eigenvalue weighted by molar-refractivity contribution is 6.36. The highest BCUT2D eigenvalue weighted by atomic mass is 35.5. The molecule has 88 valence electrons. The van der Waals surface area contributed by atoms with Crippen molar-refractivity contribution in [2.45, 2.75) is 25.8 Å². The van der Waals surface area contributed by atoms with Gasteiger partial charge in [0.15, 0.2) is 0 Å². The molecule has 1 aromatic carbocycles. The van der Waals surface area contributed by atoms with Gasteiger partial charge in [-0.2, -0.15) is 0 Å². The normalized spacial score (nSPS) is 12.2. The van der Waals surface area contributed by atoms with Gasteiger partial charge in [-0.05, 0) is 31.5 Å². The zero-order valence-electron chi connectivity index (χ0n) is 8.97. The summed E-state index contributed by atoms with van der Waals surface area (Å²) in [6, 6.07) is 4.96. The van der Waals surface area contributed by atoms with E-state index in [1.807, 2.05) is 6.92 Å². The summed E-state index contributed by atoms with van der Waals surface area (Å²) in [5.74, 6) is -0.0958. The van der Waals surface area contributed by atoms with Crippen LogP contribution in [0.3, 0.4) is 0 Å². The van der Waals surface area contributed by atoms with Gasteiger partial charge in [0.05, 0.1) is 10.7 Å². The van der Waals surface area contributed by atoms with Crippen LogP contribution in [-0.2, 0) is 4.79 Å². The molecule has 3 nitrogen and oxygen atoms in total. The lowest BCUT2D eigenvalue weighted by Gasteiger charge is -2.08. The van der Waals surface area contributed by atoms with Crippen molar-refractivity contribution in [3.05, 3.63) is 28.2 Å². The van der Waals surface area contributed by atoms with Crippen molar-refractivity contribution in [3.63, 3.8) is 0 Å². The molecule has 0 radical (unpaired) electrons. The Balaban J connectivity index is 2.56. The summed E-state index contributed by atoms with van der Waals surface area (Å²) in [6.45, 7) is 1.86. The van der Waals surface area contributed by atoms with Crippen molar-refractivity contribution < 1.29 is 4.79 Å². The van der Waals surface area contributed by atoms with Crippen molar-refractivity contribution in [2.24, 2.45) is 5.73 Å². The van der Waals surface area contributed by atoms with E-state index in [4.69, 9.17) is 28.9 Å². The van der Waals surface area contributed by atoms with E-state index in [9.17, 15) is 4.79 Å². The van der Waals surface area contributed by atoms with Gasteiger partial charge >= 0.3 is 0 Å². The number of anilines is 1. The highest BCUT2D eigenvalue weighted by Crippen LogP contribution is 2.25. The monoisotopic (exact) mass is 260 g/mol. The number of benzene rings is 1. The lowest BCUT2D eigenvalue weighted by atomic mass is 10.2. The minimum Gasteiger partial charge on any atom is -0.328 e. The van der Waals surface area contributed by atoms with Gasteiger partial charge in [0.1, 0.15) is 0 Å². The summed E-state index contributed by atoms with van der Waals surface area (Å²) in [5.41, 5.74) is 6.13. The second-order valence-corrected chi connectivity index (χ2v) is 4.53. The summed E-state index contributed by atoms with van der Waals surface area (Å²) >= 11 is 11.7. The van der Waals surface area contributed by atoms with Crippen molar-refractivity contribution >= 4 is 34.8 Å². The molecule has 0 bridgehead atoms. The maximum absolute atomic E-state index is 11.5. The number of amides is 1. The molecule has 3 N–H and O–H groups in total. The minimum absolute atomic E-state index is 0.0199. The molecule has 1 amide bonds. The molecular formula is C11H14Cl2N2O. The number of hydrogen-bond donors (Lipinski definition) is 2. The number of carbonyl (C=O) groups is 1. The van der Waals surface area contributed by atoms with Crippen molar-refractivity contribution in [3.8, 4) is 0 Å². The smallest absolute Gasteiger partial charge is 0.224 e. The first-order valence-corrected chi connectivity index (χ1v) is 5.75. The molecule has 1 aromatic rings. The van der Waals surface area contributed by atoms with Crippen LogP contribution in [-0.4, -0.2) is 11.9 Å². The van der Waals surface area contributed by atoms with Gasteiger partial charge in [0.25, 0.3) is 0 Å². The van der Waals surface area contributed by atoms with Crippen LogP contribution in [0.15, 0.2) is 18.2 Å². The summed E-state index contributed by atoms with van der Waals surface area (Å²) in [5, 5.41) is 3.68. The van der Waals surface area contributed by atoms with Crippen LogP contribution in [0.25, 0.3) is 0 Å². The van der Waals surface area contributed by atoms with E-state index in [0.717, 1.165) is 0 Å². The molecule has 1 rings (SSSR count). The maximum Gasteiger partial charge on any atom is 0.224 e. The summed E-state index contributed by atoms with van der Waals surface area (Å²) in [6.07, 6.45) is 1.04. The molecule has 0 saturated carbocycles. The Kier molecular flexibility index (Phi) is 5.06. The molecular weight excluding hydrogens is 247 g/mol. The fourth-order valence-electron chi connectivity index (χ4n) is 1.16. The van der Waals surface area contributed by atoms with Crippen LogP contribution in [0.5, 0.6) is 0 Å². The number of hydrogen-bond acceptors (Lipinski definition) is 2. The Bertz CT molecular complexity index is 380. The lowest BCUT2D eigenvalue weighted by molar-refractivity contribution is -0.116. The zero-order valence-corrected chi connectivity index (χ0v) is 10.5. The molecule has 0 aliphatic carbocycles. The van der Waals surface area contributed by atoms with E-state index >= 15 is 0 Å². The molecule has 0 fully saturated rings. The van der Waals surface area contributed by atoms with E-state index in [1.54, 1.807) is 18.2 Å². The second kappa shape index (κ2) is 6.09. The Morgan fingerprint density at radius 2 is 2.19 bits per heavy atom. The van der Waals surface area contributed by atoms with E-state index < -0.39 is 0 Å². The SMILES string of the molecule is CC(N)CCC(=O)Nc1ccc(Cl)cc1Cl. The van der Waals surface area contributed by atoms with E-state index in [2.05, 4.69) is 5.32 Å². The van der Waals surface area contributed by atoms with E-state index in [1.165, 1.54) is 0 Å². The minimum atomic E-state index is -0.0958. The third-order valence-corrected chi connectivity index (χ3v) is 2.58. The maximum atomic E-state index is 11.5. The average Bonchev–Trinajstić information content (AvgIpc) is 2.19. The zero-order chi connectivity index (χ0) is 12.1. The van der Waals surface area contributed by atoms with Gasteiger partial charge in [-0.1, -0.05) is 23.2 Å². The predicted octanol–water partition coefficient (Wildman–Crippen LogP) is 3.06. The Hall–Kier alpha value is -0.770. The number of nitrogens with two attached hydrogens (primary N) is 1. The molecule has 16 heavy (non-hydrogen) atoms. The van der Waals surface area contributed by atoms with Crippen molar-refractivity contribution in [1.29, 1.82) is 0 Å². The third kappa shape index (κ3) is 4.39. The molecule has 1 unspecified atom stereocenters. The van der Waals surface area contributed by atoms with Crippen LogP contribution in [0, 0.1) is 0 Å². The molecule has 0 aliphatic rings. The lowest BCUT2D eigenvalue weighted by Crippen LogP contribution is -2.19. The number of halogens is 2. The first-order valence-electron chi connectivity index (χ1n) is 4.99. The molecule has 5 heteroatoms. The molecule has 0 aliphatic heterocycles. The van der Waals surface area contributed by atoms with Gasteiger partial charge in [-0.25, -0.2) is 0 Å². The molecule has 0 spiro atoms. The standard InChI is InChI=1S/C11H14Cl2N2O/c1-7(14)2-5-11(16)15-10-4-3-8(12)6-9(10)13/h3-4,6-7H,2,5,14H2,1H3,(H,15,16). The highest BCUT2D eigenvalue weighted by Gasteiger charge is 2.07. The van der Waals surface area contributed by atoms with Crippen molar-refractivity contribution in [1.82, 2.24) is 0 Å². The first-order chi connectivity index (χ1) is 7.49. The Morgan fingerprint density at radius 1 is 1.50 bits per heavy atom. The van der Waals surface area contributed by atoms with Gasteiger partial charge in [-0.3, -0.25) is 4.79 Å². The summed E-state index contributed by atoms with van der Waals surface area (Å²) in [4.78, 5) is 11.5. The van der Waals surface area contributed by atoms with Gasteiger partial charge in [0.2, 0.25) is 5.91 Å². The number of carbonyl (C=O) groups excluding carboxylic acids is 1. The fourth-order valence-corrected chi connectivity index (χ4v) is 1.62. The van der Waals surface area contributed by atoms with Crippen LogP contribution in [0.4, 0.5) is 5.69 Å². The molecule has 0 saturated heterocycles. The van der Waals surface area contributed by atoms with Gasteiger partial charge < -0.3 is 11.1 Å². The van der Waals surface area contributed by atoms with E-state index in [-0.39, 0.29) is 11.9 Å². The number of nitrogens with one attached hydrogen (secondary N) is 1. The van der Waals surface area contributed by atoms with Crippen molar-refractivity contribution in [2.75, 3.05) is 5.32 Å². The van der Waals surface area contributed by atoms with Crippen LogP contribution >= 0.6 is 23.2 Å². The predicted molar refractivity (Wildman–Crippen MR) is 68.0 cm³/mol. The second-order valence-electron chi connectivity index (χ2n) is 3.69. The quantitative estimate of drug-likeness (QED) is 0.875. The van der Waals surface area contributed by atoms with E-state index in [0.29, 0.717) is 28.6 Å². The van der Waals surface area contributed by atoms with Crippen LogP contribution < -0.4 is 11.1 Å². The molecule has 0 heterocycles. The molecule has 0 aromatic heterocycles. The largest absolute Gasteiger partial charge is 0.328 e. The average molecular weight is 261 g/mol. The van der Waals surface area contributed by atoms with Gasteiger partial charge in [-0.15, -0.1) is 0 Å². The van der Waals surface area contributed by atoms with Gasteiger partial charge in [0, 0.05) is 17.5 Å². The fraction of sp³-hybridized carbons (Fsp3) is 0.364. The summed E-state index contributed by atoms with van der Waals surface area (Å²) < 4.78 is 0. The topological polar surface area (TPSA) is 55.1 Å². The Morgan fingerprint density at radius 3 is 2.75 bits per heavy atom. The first kappa shape index (κ1) is 13.3. The number of rotatable bonds is 4. The molecule has 1 atom stereocenters. The van der Waals surface area contributed by atoms with Crippen LogP contribution in [0.2, 0.25) is 10.0 Å².